The van der Waals surface area contributed by atoms with E-state index in [1.54, 1.807) is 68.1 Å². The molecule has 0 unspecified atom stereocenters. The molecule has 0 bridgehead atoms. The Labute approximate surface area is 254 Å². The number of carbonyl (C=O) groups excluding carboxylic acids is 4. The lowest BCUT2D eigenvalue weighted by Gasteiger charge is -2.29. The van der Waals surface area contributed by atoms with Gasteiger partial charge in [-0.05, 0) is 62.7 Å². The number of thioether (sulfide) groups is 1. The molecule has 0 radical (unpaired) electrons. The molecule has 43 heavy (non-hydrogen) atoms. The Morgan fingerprint density at radius 3 is 2.30 bits per heavy atom. The van der Waals surface area contributed by atoms with Gasteiger partial charge in [-0.15, -0.1) is 0 Å². The van der Waals surface area contributed by atoms with Gasteiger partial charge in [0, 0.05) is 6.42 Å². The van der Waals surface area contributed by atoms with E-state index in [1.165, 1.54) is 0 Å². The van der Waals surface area contributed by atoms with E-state index in [1.807, 2.05) is 36.4 Å². The van der Waals surface area contributed by atoms with E-state index < -0.39 is 28.9 Å². The number of anilines is 1. The Kier molecular flexibility index (Phi) is 10.5. The van der Waals surface area contributed by atoms with E-state index in [0.29, 0.717) is 47.8 Å². The summed E-state index contributed by atoms with van der Waals surface area (Å²) >= 11 is 0.712. The van der Waals surface area contributed by atoms with Crippen molar-refractivity contribution in [3.63, 3.8) is 0 Å². The molecule has 0 saturated carbocycles. The lowest BCUT2D eigenvalue weighted by Crippen LogP contribution is -2.53. The fourth-order valence-corrected chi connectivity index (χ4v) is 4.62. The monoisotopic (exact) mass is 606 g/mol. The highest BCUT2D eigenvalue weighted by Crippen LogP contribution is 2.31. The number of amides is 4. The molecular weight excluding hydrogens is 572 g/mol. The van der Waals surface area contributed by atoms with Crippen LogP contribution in [-0.2, 0) is 20.7 Å². The molecule has 1 aliphatic heterocycles. The predicted molar refractivity (Wildman–Crippen MR) is 163 cm³/mol. The van der Waals surface area contributed by atoms with Crippen LogP contribution >= 0.6 is 11.8 Å². The summed E-state index contributed by atoms with van der Waals surface area (Å²) in [6.45, 7) is 5.85. The number of alkyl carbamates (subject to hydrolysis) is 1. The van der Waals surface area contributed by atoms with Crippen molar-refractivity contribution in [1.82, 2.24) is 16.2 Å². The van der Waals surface area contributed by atoms with Gasteiger partial charge in [0.25, 0.3) is 11.1 Å². The number of hydrogen-bond donors (Lipinski definition) is 3. The van der Waals surface area contributed by atoms with E-state index in [-0.39, 0.29) is 18.1 Å². The van der Waals surface area contributed by atoms with E-state index >= 15 is 0 Å². The molecule has 11 nitrogen and oxygen atoms in total. The first-order chi connectivity index (χ1) is 20.6. The fourth-order valence-electron chi connectivity index (χ4n) is 4.08. The minimum atomic E-state index is -1.08. The highest BCUT2D eigenvalue weighted by molar-refractivity contribution is 8.14. The highest BCUT2D eigenvalue weighted by Gasteiger charge is 2.26. The molecule has 0 fully saturated rings. The van der Waals surface area contributed by atoms with Crippen molar-refractivity contribution in [2.45, 2.75) is 38.8 Å². The standard InChI is InChI=1S/C31H34N4O7S/c1-31(2,3)42-29(38)32-24(19-21-13-15-23(16-14-21)41-22-9-5-4-6-10-22)28(37)33-34-30(39)43-20-27(36)35-17-18-40-26-12-8-7-11-25(26)35/h4-16,24H,17-20H2,1-3H3,(H,32,38)(H,33,37)(H,34,39)/t24-/m0/s1. The minimum Gasteiger partial charge on any atom is -0.490 e. The van der Waals surface area contributed by atoms with Crippen molar-refractivity contribution in [2.75, 3.05) is 23.8 Å². The molecule has 4 amide bonds. The third kappa shape index (κ3) is 9.67. The van der Waals surface area contributed by atoms with Crippen LogP contribution in [0.25, 0.3) is 0 Å². The van der Waals surface area contributed by atoms with Crippen molar-refractivity contribution in [3.8, 4) is 17.2 Å². The largest absolute Gasteiger partial charge is 0.490 e. The maximum atomic E-state index is 13.1. The first kappa shape index (κ1) is 31.2. The lowest BCUT2D eigenvalue weighted by molar-refractivity contribution is -0.123. The summed E-state index contributed by atoms with van der Waals surface area (Å²) in [7, 11) is 0. The Morgan fingerprint density at radius 2 is 1.58 bits per heavy atom. The van der Waals surface area contributed by atoms with Gasteiger partial charge in [0.1, 0.15) is 35.5 Å². The zero-order chi connectivity index (χ0) is 30.8. The second-order valence-electron chi connectivity index (χ2n) is 10.5. The van der Waals surface area contributed by atoms with Crippen LogP contribution in [0.3, 0.4) is 0 Å². The highest BCUT2D eigenvalue weighted by atomic mass is 32.2. The summed E-state index contributed by atoms with van der Waals surface area (Å²) in [5.74, 6) is 0.807. The molecule has 226 valence electrons. The molecule has 0 aromatic heterocycles. The smallest absolute Gasteiger partial charge is 0.408 e. The molecule has 3 aromatic carbocycles. The van der Waals surface area contributed by atoms with E-state index in [2.05, 4.69) is 16.2 Å². The van der Waals surface area contributed by atoms with Gasteiger partial charge in [0.15, 0.2) is 0 Å². The van der Waals surface area contributed by atoms with Crippen LogP contribution in [0.15, 0.2) is 78.9 Å². The van der Waals surface area contributed by atoms with E-state index in [4.69, 9.17) is 14.2 Å². The molecule has 3 aromatic rings. The maximum absolute atomic E-state index is 13.1. The summed E-state index contributed by atoms with van der Waals surface area (Å²) in [6, 6.07) is 22.5. The number of rotatable bonds is 8. The van der Waals surface area contributed by atoms with Crippen molar-refractivity contribution >= 4 is 40.6 Å². The van der Waals surface area contributed by atoms with Crippen LogP contribution in [0, 0.1) is 0 Å². The van der Waals surface area contributed by atoms with Gasteiger partial charge >= 0.3 is 6.09 Å². The number of ether oxygens (including phenoxy) is 3. The molecule has 3 N–H and O–H groups in total. The number of nitrogens with one attached hydrogen (secondary N) is 3. The number of hydrogen-bond acceptors (Lipinski definition) is 8. The summed E-state index contributed by atoms with van der Waals surface area (Å²) in [5, 5.41) is 1.93. The normalized spacial score (nSPS) is 13.0. The van der Waals surface area contributed by atoms with Crippen molar-refractivity contribution in [3.05, 3.63) is 84.4 Å². The van der Waals surface area contributed by atoms with Crippen LogP contribution in [0.1, 0.15) is 26.3 Å². The Bertz CT molecular complexity index is 1430. The van der Waals surface area contributed by atoms with Crippen LogP contribution in [-0.4, -0.2) is 53.7 Å². The molecule has 0 spiro atoms. The molecule has 0 saturated heterocycles. The number of carbonyl (C=O) groups is 4. The SMILES string of the molecule is CC(C)(C)OC(=O)N[C@@H](Cc1ccc(Oc2ccccc2)cc1)C(=O)NNC(=O)SCC(=O)N1CCOc2ccccc21. The first-order valence-corrected chi connectivity index (χ1v) is 14.6. The first-order valence-electron chi connectivity index (χ1n) is 13.6. The molecule has 1 aliphatic rings. The average Bonchev–Trinajstić information content (AvgIpc) is 2.98. The topological polar surface area (TPSA) is 135 Å². The lowest BCUT2D eigenvalue weighted by atomic mass is 10.1. The molecule has 0 aliphatic carbocycles. The summed E-state index contributed by atoms with van der Waals surface area (Å²) in [4.78, 5) is 52.4. The third-order valence-electron chi connectivity index (χ3n) is 5.99. The maximum Gasteiger partial charge on any atom is 0.408 e. The zero-order valence-electron chi connectivity index (χ0n) is 24.1. The van der Waals surface area contributed by atoms with Gasteiger partial charge < -0.3 is 24.4 Å². The second-order valence-corrected chi connectivity index (χ2v) is 11.5. The summed E-state index contributed by atoms with van der Waals surface area (Å²) in [5.41, 5.74) is 5.23. The number of para-hydroxylation sites is 3. The number of nitrogens with zero attached hydrogens (tertiary/aromatic N) is 1. The molecular formula is C31H34N4O7S. The van der Waals surface area contributed by atoms with Crippen LogP contribution in [0.5, 0.6) is 17.2 Å². The molecule has 12 heteroatoms. The van der Waals surface area contributed by atoms with Crippen molar-refractivity contribution < 1.29 is 33.4 Å². The Balaban J connectivity index is 1.32. The zero-order valence-corrected chi connectivity index (χ0v) is 24.9. The van der Waals surface area contributed by atoms with Crippen molar-refractivity contribution in [2.24, 2.45) is 0 Å². The number of benzene rings is 3. The van der Waals surface area contributed by atoms with Gasteiger partial charge in [-0.2, -0.15) is 0 Å². The fraction of sp³-hybridized carbons (Fsp3) is 0.290. The van der Waals surface area contributed by atoms with E-state index in [0.717, 1.165) is 5.56 Å². The van der Waals surface area contributed by atoms with Crippen molar-refractivity contribution in [1.29, 1.82) is 0 Å². The van der Waals surface area contributed by atoms with Gasteiger partial charge in [-0.3, -0.25) is 25.2 Å². The van der Waals surface area contributed by atoms with Crippen LogP contribution < -0.4 is 30.5 Å². The third-order valence-corrected chi connectivity index (χ3v) is 6.75. The number of hydrazine groups is 1. The van der Waals surface area contributed by atoms with Gasteiger partial charge in [0.05, 0.1) is 18.0 Å². The predicted octanol–water partition coefficient (Wildman–Crippen LogP) is 4.81. The minimum absolute atomic E-state index is 0.106. The molecule has 1 atom stereocenters. The van der Waals surface area contributed by atoms with Gasteiger partial charge in [-0.1, -0.05) is 54.2 Å². The van der Waals surface area contributed by atoms with Crippen LogP contribution in [0.2, 0.25) is 0 Å². The summed E-state index contributed by atoms with van der Waals surface area (Å²) in [6.07, 6.45) is -0.678. The number of fused-ring (bicyclic) bond motifs is 1. The Hall–Kier alpha value is -4.71. The second kappa shape index (κ2) is 14.5. The van der Waals surface area contributed by atoms with Gasteiger partial charge in [0.2, 0.25) is 5.91 Å². The van der Waals surface area contributed by atoms with Gasteiger partial charge in [-0.25, -0.2) is 4.79 Å². The van der Waals surface area contributed by atoms with E-state index in [9.17, 15) is 19.2 Å². The molecule has 4 rings (SSSR count). The quantitative estimate of drug-likeness (QED) is 0.311. The average molecular weight is 607 g/mol. The summed E-state index contributed by atoms with van der Waals surface area (Å²) < 4.78 is 16.7. The Morgan fingerprint density at radius 1 is 0.907 bits per heavy atom. The molecule has 1 heterocycles. The van der Waals surface area contributed by atoms with Crippen LogP contribution in [0.4, 0.5) is 15.3 Å².